The second-order valence-electron chi connectivity index (χ2n) is 7.17. The molecule has 0 bridgehead atoms. The number of amides is 2. The van der Waals surface area contributed by atoms with E-state index in [4.69, 9.17) is 4.74 Å². The smallest absolute Gasteiger partial charge is 0.260 e. The fourth-order valence-corrected chi connectivity index (χ4v) is 4.16. The van der Waals surface area contributed by atoms with Crippen LogP contribution in [0.2, 0.25) is 0 Å². The topological polar surface area (TPSA) is 74.8 Å². The lowest BCUT2D eigenvalue weighted by Gasteiger charge is -2.34. The van der Waals surface area contributed by atoms with Gasteiger partial charge in [-0.3, -0.25) is 14.5 Å². The van der Waals surface area contributed by atoms with Crippen molar-refractivity contribution in [2.24, 2.45) is 0 Å². The number of carbonyl (C=O) groups excluding carboxylic acids is 2. The summed E-state index contributed by atoms with van der Waals surface area (Å²) in [5, 5.41) is 6.04. The average molecular weight is 401 g/mol. The minimum atomic E-state index is 0.00942. The maximum absolute atomic E-state index is 12.5. The van der Waals surface area contributed by atoms with Crippen LogP contribution in [0.3, 0.4) is 0 Å². The van der Waals surface area contributed by atoms with Crippen LogP contribution in [0.4, 0.5) is 5.69 Å². The number of hydrogen-bond donors (Lipinski definition) is 1. The van der Waals surface area contributed by atoms with Gasteiger partial charge in [0.25, 0.3) is 5.91 Å². The van der Waals surface area contributed by atoms with Crippen molar-refractivity contribution >= 4 is 28.8 Å². The number of thiazole rings is 1. The van der Waals surface area contributed by atoms with E-state index in [1.807, 2.05) is 24.0 Å². The van der Waals surface area contributed by atoms with Crippen molar-refractivity contribution in [2.75, 3.05) is 38.1 Å². The van der Waals surface area contributed by atoms with E-state index >= 15 is 0 Å². The predicted molar refractivity (Wildman–Crippen MR) is 108 cm³/mol. The van der Waals surface area contributed by atoms with E-state index in [0.29, 0.717) is 31.7 Å². The molecule has 0 aliphatic carbocycles. The second kappa shape index (κ2) is 8.28. The van der Waals surface area contributed by atoms with Crippen molar-refractivity contribution in [1.82, 2.24) is 14.8 Å². The van der Waals surface area contributed by atoms with Gasteiger partial charge in [0.2, 0.25) is 5.91 Å². The number of aryl methyl sites for hydroxylation is 2. The molecule has 4 rings (SSSR count). The minimum absolute atomic E-state index is 0.00942. The Morgan fingerprint density at radius 2 is 2.07 bits per heavy atom. The quantitative estimate of drug-likeness (QED) is 0.832. The van der Waals surface area contributed by atoms with Gasteiger partial charge in [0.1, 0.15) is 5.75 Å². The first-order chi connectivity index (χ1) is 13.6. The summed E-state index contributed by atoms with van der Waals surface area (Å²) in [4.78, 5) is 32.6. The summed E-state index contributed by atoms with van der Waals surface area (Å²) in [6.45, 7) is 6.01. The van der Waals surface area contributed by atoms with Gasteiger partial charge in [0.05, 0.1) is 10.7 Å². The maximum atomic E-state index is 12.5. The number of fused-ring (bicyclic) bond motifs is 1. The number of hydrogen-bond acceptors (Lipinski definition) is 6. The van der Waals surface area contributed by atoms with Crippen LogP contribution in [-0.2, 0) is 22.6 Å². The van der Waals surface area contributed by atoms with E-state index in [9.17, 15) is 9.59 Å². The van der Waals surface area contributed by atoms with Gasteiger partial charge in [0, 0.05) is 50.2 Å². The van der Waals surface area contributed by atoms with E-state index in [1.54, 1.807) is 17.4 Å². The molecule has 7 nitrogen and oxygen atoms in total. The SMILES string of the molecule is Cc1nc(CN2CCN(C(=O)COc3ccc4c(c3)CCC(=O)N4)CC2)cs1. The molecule has 1 N–H and O–H groups in total. The molecule has 1 saturated heterocycles. The molecule has 0 saturated carbocycles. The average Bonchev–Trinajstić information content (AvgIpc) is 3.11. The Labute approximate surface area is 168 Å². The largest absolute Gasteiger partial charge is 0.484 e. The molecule has 1 aromatic heterocycles. The zero-order valence-corrected chi connectivity index (χ0v) is 16.8. The molecule has 0 atom stereocenters. The zero-order chi connectivity index (χ0) is 19.5. The number of aromatic nitrogens is 1. The van der Waals surface area contributed by atoms with Gasteiger partial charge in [-0.2, -0.15) is 0 Å². The third-order valence-electron chi connectivity index (χ3n) is 5.11. The Morgan fingerprint density at radius 3 is 2.82 bits per heavy atom. The maximum Gasteiger partial charge on any atom is 0.260 e. The highest BCUT2D eigenvalue weighted by Crippen LogP contribution is 2.26. The summed E-state index contributed by atoms with van der Waals surface area (Å²) in [6.07, 6.45) is 1.19. The molecular formula is C20H24N4O3S. The Bertz CT molecular complexity index is 874. The molecule has 1 aromatic carbocycles. The molecule has 2 aromatic rings. The summed E-state index contributed by atoms with van der Waals surface area (Å²) in [5.74, 6) is 0.719. The number of anilines is 1. The summed E-state index contributed by atoms with van der Waals surface area (Å²) >= 11 is 1.67. The van der Waals surface area contributed by atoms with E-state index in [-0.39, 0.29) is 18.4 Å². The highest BCUT2D eigenvalue weighted by Gasteiger charge is 2.22. The van der Waals surface area contributed by atoms with E-state index in [1.165, 1.54) is 0 Å². The number of nitrogens with one attached hydrogen (secondary N) is 1. The number of ether oxygens (including phenoxy) is 1. The summed E-state index contributed by atoms with van der Waals surface area (Å²) in [6, 6.07) is 5.55. The van der Waals surface area contributed by atoms with Gasteiger partial charge in [-0.05, 0) is 37.1 Å². The van der Waals surface area contributed by atoms with Gasteiger partial charge in [-0.1, -0.05) is 0 Å². The second-order valence-corrected chi connectivity index (χ2v) is 8.23. The number of carbonyl (C=O) groups is 2. The molecule has 8 heteroatoms. The molecule has 148 valence electrons. The first-order valence-corrected chi connectivity index (χ1v) is 10.4. The van der Waals surface area contributed by atoms with Gasteiger partial charge in [0.15, 0.2) is 6.61 Å². The summed E-state index contributed by atoms with van der Waals surface area (Å²) in [7, 11) is 0. The van der Waals surface area contributed by atoms with Crippen molar-refractivity contribution in [3.8, 4) is 5.75 Å². The van der Waals surface area contributed by atoms with Crippen molar-refractivity contribution in [3.05, 3.63) is 39.8 Å². The molecule has 1 fully saturated rings. The molecule has 3 heterocycles. The van der Waals surface area contributed by atoms with Crippen LogP contribution >= 0.6 is 11.3 Å². The molecule has 2 aliphatic heterocycles. The fourth-order valence-electron chi connectivity index (χ4n) is 3.55. The van der Waals surface area contributed by atoms with Crippen molar-refractivity contribution in [3.63, 3.8) is 0 Å². The third kappa shape index (κ3) is 4.51. The summed E-state index contributed by atoms with van der Waals surface area (Å²) in [5.41, 5.74) is 2.99. The van der Waals surface area contributed by atoms with Gasteiger partial charge >= 0.3 is 0 Å². The van der Waals surface area contributed by atoms with Crippen LogP contribution in [0.5, 0.6) is 5.75 Å². The number of nitrogens with zero attached hydrogens (tertiary/aromatic N) is 3. The fraction of sp³-hybridized carbons (Fsp3) is 0.450. The van der Waals surface area contributed by atoms with E-state index in [0.717, 1.165) is 41.6 Å². The van der Waals surface area contributed by atoms with Crippen LogP contribution in [0.25, 0.3) is 0 Å². The Balaban J connectivity index is 1.24. The first kappa shape index (κ1) is 18.9. The normalized spacial score (nSPS) is 17.2. The lowest BCUT2D eigenvalue weighted by atomic mass is 10.0. The molecule has 0 radical (unpaired) electrons. The highest BCUT2D eigenvalue weighted by molar-refractivity contribution is 7.09. The predicted octanol–water partition coefficient (Wildman–Crippen LogP) is 2.06. The van der Waals surface area contributed by atoms with Gasteiger partial charge in [-0.15, -0.1) is 11.3 Å². The number of benzene rings is 1. The zero-order valence-electron chi connectivity index (χ0n) is 15.9. The lowest BCUT2D eigenvalue weighted by Crippen LogP contribution is -2.49. The molecule has 0 unspecified atom stereocenters. The Kier molecular flexibility index (Phi) is 5.59. The van der Waals surface area contributed by atoms with Crippen LogP contribution in [-0.4, -0.2) is 59.4 Å². The van der Waals surface area contributed by atoms with E-state index < -0.39 is 0 Å². The minimum Gasteiger partial charge on any atom is -0.484 e. The van der Waals surface area contributed by atoms with Crippen LogP contribution in [0, 0.1) is 6.92 Å². The van der Waals surface area contributed by atoms with Crippen molar-refractivity contribution in [1.29, 1.82) is 0 Å². The molecular weight excluding hydrogens is 376 g/mol. The molecule has 28 heavy (non-hydrogen) atoms. The van der Waals surface area contributed by atoms with Crippen LogP contribution < -0.4 is 10.1 Å². The van der Waals surface area contributed by atoms with Gasteiger partial charge in [-0.25, -0.2) is 4.98 Å². The summed E-state index contributed by atoms with van der Waals surface area (Å²) < 4.78 is 5.71. The van der Waals surface area contributed by atoms with Crippen molar-refractivity contribution < 1.29 is 14.3 Å². The number of rotatable bonds is 5. The van der Waals surface area contributed by atoms with Crippen LogP contribution in [0.1, 0.15) is 22.7 Å². The lowest BCUT2D eigenvalue weighted by molar-refractivity contribution is -0.135. The Morgan fingerprint density at radius 1 is 1.25 bits per heavy atom. The van der Waals surface area contributed by atoms with Gasteiger partial charge < -0.3 is 15.0 Å². The molecule has 2 amide bonds. The van der Waals surface area contributed by atoms with E-state index in [2.05, 4.69) is 20.6 Å². The Hall–Kier alpha value is -2.45. The standard InChI is InChI=1S/C20H24N4O3S/c1-14-21-16(13-28-14)11-23-6-8-24(9-7-23)20(26)12-27-17-3-4-18-15(10-17)2-5-19(25)22-18/h3-4,10,13H,2,5-9,11-12H2,1H3,(H,22,25). The molecule has 0 spiro atoms. The van der Waals surface area contributed by atoms with Crippen LogP contribution in [0.15, 0.2) is 23.6 Å². The van der Waals surface area contributed by atoms with Crippen molar-refractivity contribution in [2.45, 2.75) is 26.3 Å². The monoisotopic (exact) mass is 400 g/mol. The number of piperazine rings is 1. The highest BCUT2D eigenvalue weighted by atomic mass is 32.1. The third-order valence-corrected chi connectivity index (χ3v) is 5.93. The first-order valence-electron chi connectivity index (χ1n) is 9.53. The molecule has 2 aliphatic rings.